The topological polar surface area (TPSA) is 119 Å². The second-order valence-corrected chi connectivity index (χ2v) is 7.22. The molecule has 0 spiro atoms. The van der Waals surface area contributed by atoms with E-state index in [1.165, 1.54) is 26.3 Å². The first-order valence-electron chi connectivity index (χ1n) is 7.38. The van der Waals surface area contributed by atoms with Crippen molar-refractivity contribution in [3.8, 4) is 5.75 Å². The van der Waals surface area contributed by atoms with Gasteiger partial charge in [-0.15, -0.1) is 0 Å². The fraction of sp³-hybridized carbons (Fsp3) is 0.500. The molecule has 1 aromatic carbocycles. The number of carbonyl (C=O) groups is 1. The summed E-state index contributed by atoms with van der Waals surface area (Å²) in [5.41, 5.74) is -0.438. The number of sulfonamides is 1. The first-order chi connectivity index (χ1) is 11.3. The molecule has 0 bridgehead atoms. The molecule has 0 radical (unpaired) electrons. The number of likely N-dealkylation sites (N-methyl/N-ethyl adjacent to an activating group) is 1. The fourth-order valence-electron chi connectivity index (χ4n) is 2.73. The Balaban J connectivity index is 2.47. The Bertz CT molecular complexity index is 749. The zero-order chi connectivity index (χ0) is 17.9. The number of nitro benzene ring substituents is 1. The first kappa shape index (κ1) is 18.1. The van der Waals surface area contributed by atoms with Gasteiger partial charge in [-0.2, -0.15) is 4.31 Å². The number of amides is 1. The largest absolute Gasteiger partial charge is 0.490 e. The fourth-order valence-corrected chi connectivity index (χ4v) is 4.41. The SMILES string of the molecule is CNC(=O)C1CCCCN1S(=O)(=O)c1ccc(OC)c([N+](=O)[O-])c1. The Morgan fingerprint density at radius 3 is 2.71 bits per heavy atom. The highest BCUT2D eigenvalue weighted by Gasteiger charge is 2.38. The molecule has 1 atom stereocenters. The summed E-state index contributed by atoms with van der Waals surface area (Å²) in [5.74, 6) is -0.415. The number of ether oxygens (including phenoxy) is 1. The van der Waals surface area contributed by atoms with E-state index in [0.717, 1.165) is 16.8 Å². The molecule has 1 aliphatic heterocycles. The Kier molecular flexibility index (Phi) is 5.40. The average Bonchev–Trinajstić information content (AvgIpc) is 2.60. The zero-order valence-corrected chi connectivity index (χ0v) is 14.2. The maximum absolute atomic E-state index is 12.9. The molecular formula is C14H19N3O6S. The molecule has 132 valence electrons. The van der Waals surface area contributed by atoms with Crippen molar-refractivity contribution >= 4 is 21.6 Å². The minimum absolute atomic E-state index is 0.0274. The van der Waals surface area contributed by atoms with Gasteiger partial charge in [-0.05, 0) is 25.0 Å². The normalized spacial score (nSPS) is 18.8. The summed E-state index contributed by atoms with van der Waals surface area (Å²) in [6.45, 7) is 0.195. The van der Waals surface area contributed by atoms with Crippen LogP contribution >= 0.6 is 0 Å². The number of piperidine rings is 1. The highest BCUT2D eigenvalue weighted by Crippen LogP contribution is 2.32. The number of rotatable bonds is 5. The Hall–Kier alpha value is -2.20. The molecule has 0 aliphatic carbocycles. The lowest BCUT2D eigenvalue weighted by Crippen LogP contribution is -2.51. The average molecular weight is 357 g/mol. The van der Waals surface area contributed by atoms with Crippen molar-refractivity contribution in [2.45, 2.75) is 30.2 Å². The van der Waals surface area contributed by atoms with E-state index in [0.29, 0.717) is 12.8 Å². The van der Waals surface area contributed by atoms with Crippen LogP contribution in [0.1, 0.15) is 19.3 Å². The van der Waals surface area contributed by atoms with Crippen molar-refractivity contribution in [2.75, 3.05) is 20.7 Å². The van der Waals surface area contributed by atoms with Gasteiger partial charge in [0.25, 0.3) is 0 Å². The predicted molar refractivity (Wildman–Crippen MR) is 85.2 cm³/mol. The van der Waals surface area contributed by atoms with E-state index in [1.54, 1.807) is 0 Å². The van der Waals surface area contributed by atoms with Crippen LogP contribution in [0, 0.1) is 10.1 Å². The lowest BCUT2D eigenvalue weighted by Gasteiger charge is -2.33. The van der Waals surface area contributed by atoms with E-state index >= 15 is 0 Å². The van der Waals surface area contributed by atoms with Crippen molar-refractivity contribution in [1.29, 1.82) is 0 Å². The molecule has 1 unspecified atom stereocenters. The van der Waals surface area contributed by atoms with Crippen LogP contribution in [0.15, 0.2) is 23.1 Å². The molecule has 0 aromatic heterocycles. The van der Waals surface area contributed by atoms with E-state index in [1.807, 2.05) is 0 Å². The van der Waals surface area contributed by atoms with Gasteiger partial charge in [-0.3, -0.25) is 14.9 Å². The minimum atomic E-state index is -4.03. The Labute approximate surface area is 139 Å². The summed E-state index contributed by atoms with van der Waals surface area (Å²) < 4.78 is 31.7. The molecule has 1 amide bonds. The molecule has 0 saturated carbocycles. The molecule has 1 heterocycles. The van der Waals surface area contributed by atoms with Gasteiger partial charge in [-0.1, -0.05) is 6.42 Å². The van der Waals surface area contributed by atoms with Crippen LogP contribution in [0.25, 0.3) is 0 Å². The van der Waals surface area contributed by atoms with E-state index in [9.17, 15) is 23.3 Å². The van der Waals surface area contributed by atoms with Crippen molar-refractivity contribution < 1.29 is 22.9 Å². The number of methoxy groups -OCH3 is 1. The van der Waals surface area contributed by atoms with Crippen LogP contribution in [0.2, 0.25) is 0 Å². The van der Waals surface area contributed by atoms with E-state index in [2.05, 4.69) is 5.32 Å². The third-order valence-electron chi connectivity index (χ3n) is 3.96. The third kappa shape index (κ3) is 3.34. The molecule has 24 heavy (non-hydrogen) atoms. The number of nitrogens with one attached hydrogen (secondary N) is 1. The van der Waals surface area contributed by atoms with Crippen molar-refractivity contribution in [1.82, 2.24) is 9.62 Å². The van der Waals surface area contributed by atoms with Crippen LogP contribution in [-0.2, 0) is 14.8 Å². The zero-order valence-electron chi connectivity index (χ0n) is 13.4. The quantitative estimate of drug-likeness (QED) is 0.617. The second kappa shape index (κ2) is 7.14. The van der Waals surface area contributed by atoms with Crippen LogP contribution in [0.3, 0.4) is 0 Å². The third-order valence-corrected chi connectivity index (χ3v) is 5.86. The Morgan fingerprint density at radius 2 is 2.12 bits per heavy atom. The minimum Gasteiger partial charge on any atom is -0.490 e. The molecule has 1 aliphatic rings. The molecule has 9 nitrogen and oxygen atoms in total. The highest BCUT2D eigenvalue weighted by molar-refractivity contribution is 7.89. The lowest BCUT2D eigenvalue weighted by atomic mass is 10.0. The number of nitrogens with zero attached hydrogens (tertiary/aromatic N) is 2. The van der Waals surface area contributed by atoms with Gasteiger partial charge in [0, 0.05) is 19.7 Å². The van der Waals surface area contributed by atoms with E-state index in [4.69, 9.17) is 4.74 Å². The molecule has 1 saturated heterocycles. The van der Waals surface area contributed by atoms with Crippen LogP contribution < -0.4 is 10.1 Å². The maximum atomic E-state index is 12.9. The van der Waals surface area contributed by atoms with Crippen LogP contribution in [0.5, 0.6) is 5.75 Å². The van der Waals surface area contributed by atoms with Crippen molar-refractivity contribution in [2.24, 2.45) is 0 Å². The smallest absolute Gasteiger partial charge is 0.312 e. The number of hydrogen-bond donors (Lipinski definition) is 1. The molecule has 1 aromatic rings. The van der Waals surface area contributed by atoms with Gasteiger partial charge in [0.15, 0.2) is 5.75 Å². The van der Waals surface area contributed by atoms with Gasteiger partial charge in [0.2, 0.25) is 15.9 Å². The van der Waals surface area contributed by atoms with Crippen LogP contribution in [0.4, 0.5) is 5.69 Å². The molecular weight excluding hydrogens is 338 g/mol. The molecule has 10 heteroatoms. The van der Waals surface area contributed by atoms with Gasteiger partial charge in [-0.25, -0.2) is 8.42 Å². The monoisotopic (exact) mass is 357 g/mol. The van der Waals surface area contributed by atoms with Gasteiger partial charge in [0.05, 0.1) is 16.9 Å². The van der Waals surface area contributed by atoms with E-state index < -0.39 is 26.7 Å². The summed E-state index contributed by atoms with van der Waals surface area (Å²) in [6, 6.07) is 2.64. The number of hydrogen-bond acceptors (Lipinski definition) is 6. The lowest BCUT2D eigenvalue weighted by molar-refractivity contribution is -0.386. The van der Waals surface area contributed by atoms with Gasteiger partial charge in [0.1, 0.15) is 6.04 Å². The van der Waals surface area contributed by atoms with E-state index in [-0.39, 0.29) is 23.1 Å². The summed E-state index contributed by atoms with van der Waals surface area (Å²) >= 11 is 0. The molecule has 1 N–H and O–H groups in total. The standard InChI is InChI=1S/C14H19N3O6S/c1-15-14(18)11-5-3-4-8-16(11)24(21,22)10-6-7-13(23-2)12(9-10)17(19)20/h6-7,9,11H,3-5,8H2,1-2H3,(H,15,18). The molecule has 2 rings (SSSR count). The summed E-state index contributed by atoms with van der Waals surface area (Å²) in [7, 11) is -1.32. The van der Waals surface area contributed by atoms with Gasteiger partial charge < -0.3 is 10.1 Å². The first-order valence-corrected chi connectivity index (χ1v) is 8.82. The molecule has 1 fully saturated rings. The number of carbonyl (C=O) groups excluding carboxylic acids is 1. The van der Waals surface area contributed by atoms with Crippen molar-refractivity contribution in [3.05, 3.63) is 28.3 Å². The summed E-state index contributed by atoms with van der Waals surface area (Å²) in [4.78, 5) is 22.2. The summed E-state index contributed by atoms with van der Waals surface area (Å²) in [6.07, 6.45) is 1.79. The van der Waals surface area contributed by atoms with Gasteiger partial charge >= 0.3 is 5.69 Å². The number of benzene rings is 1. The summed E-state index contributed by atoms with van der Waals surface area (Å²) in [5, 5.41) is 13.6. The van der Waals surface area contributed by atoms with Crippen LogP contribution in [-0.4, -0.2) is 50.3 Å². The maximum Gasteiger partial charge on any atom is 0.312 e. The van der Waals surface area contributed by atoms with Crippen molar-refractivity contribution in [3.63, 3.8) is 0 Å². The second-order valence-electron chi connectivity index (χ2n) is 5.33. The highest BCUT2D eigenvalue weighted by atomic mass is 32.2. The Morgan fingerprint density at radius 1 is 1.42 bits per heavy atom. The number of nitro groups is 1. The predicted octanol–water partition coefficient (Wildman–Crippen LogP) is 0.893.